The van der Waals surface area contributed by atoms with Gasteiger partial charge in [0.15, 0.2) is 11.5 Å². The van der Waals surface area contributed by atoms with E-state index in [-0.39, 0.29) is 22.7 Å². The zero-order valence-electron chi connectivity index (χ0n) is 14.3. The van der Waals surface area contributed by atoms with E-state index < -0.39 is 5.97 Å². The number of carbonyl (C=O) groups excluding carboxylic acids is 2. The molecule has 3 rings (SSSR count). The third-order valence-corrected chi connectivity index (χ3v) is 4.28. The van der Waals surface area contributed by atoms with E-state index >= 15 is 0 Å². The molecule has 1 aromatic heterocycles. The van der Waals surface area contributed by atoms with E-state index in [4.69, 9.17) is 22.1 Å². The molecule has 0 aliphatic rings. The maximum atomic E-state index is 13.0. The number of nitrogens with two attached hydrogens (primary N) is 1. The highest BCUT2D eigenvalue weighted by Gasteiger charge is 2.25. The van der Waals surface area contributed by atoms with Crippen LogP contribution in [0.3, 0.4) is 0 Å². The molecule has 0 saturated heterocycles. The van der Waals surface area contributed by atoms with E-state index in [1.807, 2.05) is 6.07 Å². The van der Waals surface area contributed by atoms with Crippen LogP contribution in [0.25, 0.3) is 5.69 Å². The lowest BCUT2D eigenvalue weighted by molar-refractivity contribution is 0.0592. The number of ether oxygens (including phenoxy) is 1. The van der Waals surface area contributed by atoms with Crippen molar-refractivity contribution in [2.24, 2.45) is 0 Å². The monoisotopic (exact) mass is 379 g/mol. The van der Waals surface area contributed by atoms with Gasteiger partial charge < -0.3 is 15.0 Å². The van der Waals surface area contributed by atoms with Gasteiger partial charge in [0.05, 0.1) is 24.0 Å². The third-order valence-electron chi connectivity index (χ3n) is 4.04. The number of nitrogen functional groups attached to an aromatic ring is 1. The van der Waals surface area contributed by atoms with Gasteiger partial charge in [-0.2, -0.15) is 5.26 Å². The first-order valence-corrected chi connectivity index (χ1v) is 8.24. The van der Waals surface area contributed by atoms with E-state index in [0.717, 1.165) is 0 Å². The highest BCUT2D eigenvalue weighted by molar-refractivity contribution is 6.31. The van der Waals surface area contributed by atoms with E-state index in [0.29, 0.717) is 21.8 Å². The number of anilines is 1. The van der Waals surface area contributed by atoms with Crippen LogP contribution < -0.4 is 5.73 Å². The fraction of sp³-hybridized carbons (Fsp3) is 0.0500. The summed E-state index contributed by atoms with van der Waals surface area (Å²) in [6, 6.07) is 15.3. The Morgan fingerprint density at radius 3 is 2.52 bits per heavy atom. The maximum Gasteiger partial charge on any atom is 0.357 e. The van der Waals surface area contributed by atoms with Crippen LogP contribution in [-0.4, -0.2) is 23.4 Å². The number of ketones is 1. The topological polar surface area (TPSA) is 98.1 Å². The minimum absolute atomic E-state index is 0.0255. The van der Waals surface area contributed by atoms with Gasteiger partial charge in [-0.1, -0.05) is 41.9 Å². The van der Waals surface area contributed by atoms with Crippen molar-refractivity contribution in [1.29, 1.82) is 5.26 Å². The van der Waals surface area contributed by atoms with Gasteiger partial charge in [0, 0.05) is 22.3 Å². The Labute approximate surface area is 160 Å². The Kier molecular flexibility index (Phi) is 4.97. The number of nitrogens with zero attached hydrogens (tertiary/aromatic N) is 2. The number of hydrogen-bond donors (Lipinski definition) is 1. The second-order valence-corrected chi connectivity index (χ2v) is 6.07. The number of carbonyl (C=O) groups is 2. The Bertz CT molecular complexity index is 1080. The molecule has 0 saturated carbocycles. The number of aromatic nitrogens is 1. The van der Waals surface area contributed by atoms with Gasteiger partial charge in [0.1, 0.15) is 6.07 Å². The number of methoxy groups -OCH3 is 1. The molecule has 1 heterocycles. The van der Waals surface area contributed by atoms with Gasteiger partial charge in [-0.3, -0.25) is 4.79 Å². The van der Waals surface area contributed by atoms with E-state index in [1.165, 1.54) is 23.9 Å². The lowest BCUT2D eigenvalue weighted by Gasteiger charge is -2.13. The molecule has 0 unspecified atom stereocenters. The van der Waals surface area contributed by atoms with Crippen molar-refractivity contribution in [2.75, 3.05) is 12.8 Å². The Hall–Kier alpha value is -3.56. The summed E-state index contributed by atoms with van der Waals surface area (Å²) in [4.78, 5) is 25.2. The average molecular weight is 380 g/mol. The molecule has 6 nitrogen and oxygen atoms in total. The van der Waals surface area contributed by atoms with Gasteiger partial charge in [-0.15, -0.1) is 0 Å². The predicted molar refractivity (Wildman–Crippen MR) is 101 cm³/mol. The predicted octanol–water partition coefficient (Wildman–Crippen LogP) is 3.60. The van der Waals surface area contributed by atoms with Gasteiger partial charge in [-0.25, -0.2) is 4.79 Å². The van der Waals surface area contributed by atoms with Crippen molar-refractivity contribution in [3.8, 4) is 11.8 Å². The summed E-state index contributed by atoms with van der Waals surface area (Å²) in [7, 11) is 1.21. The van der Waals surface area contributed by atoms with Gasteiger partial charge in [-0.05, 0) is 18.2 Å². The van der Waals surface area contributed by atoms with E-state index in [2.05, 4.69) is 0 Å². The molecule has 0 atom stereocenters. The third kappa shape index (κ3) is 3.28. The summed E-state index contributed by atoms with van der Waals surface area (Å²) in [5.74, 6) is -0.990. The van der Waals surface area contributed by atoms with Crippen LogP contribution in [0.4, 0.5) is 5.69 Å². The highest BCUT2D eigenvalue weighted by atomic mass is 35.5. The second kappa shape index (κ2) is 7.36. The number of esters is 1. The van der Waals surface area contributed by atoms with Gasteiger partial charge in [0.2, 0.25) is 0 Å². The van der Waals surface area contributed by atoms with E-state index in [9.17, 15) is 14.9 Å². The first-order chi connectivity index (χ1) is 13.0. The second-order valence-electron chi connectivity index (χ2n) is 5.64. The summed E-state index contributed by atoms with van der Waals surface area (Å²) in [6.45, 7) is 0. The fourth-order valence-electron chi connectivity index (χ4n) is 2.75. The number of hydrogen-bond acceptors (Lipinski definition) is 5. The molecular weight excluding hydrogens is 366 g/mol. The van der Waals surface area contributed by atoms with Crippen molar-refractivity contribution in [3.63, 3.8) is 0 Å². The minimum Gasteiger partial charge on any atom is -0.464 e. The Balaban J connectivity index is 2.28. The van der Waals surface area contributed by atoms with Crippen molar-refractivity contribution in [3.05, 3.63) is 82.1 Å². The Morgan fingerprint density at radius 2 is 1.89 bits per heavy atom. The summed E-state index contributed by atoms with van der Waals surface area (Å²) in [5, 5.41) is 9.64. The highest BCUT2D eigenvalue weighted by Crippen LogP contribution is 2.29. The summed E-state index contributed by atoms with van der Waals surface area (Å²) >= 11 is 6.13. The molecule has 7 heteroatoms. The van der Waals surface area contributed by atoms with Crippen LogP contribution in [0.5, 0.6) is 0 Å². The van der Waals surface area contributed by atoms with Crippen molar-refractivity contribution in [2.45, 2.75) is 0 Å². The lowest BCUT2D eigenvalue weighted by atomic mass is 10.0. The quantitative estimate of drug-likeness (QED) is 0.551. The molecule has 0 aliphatic carbocycles. The molecule has 27 heavy (non-hydrogen) atoms. The molecular formula is C20H14ClN3O3. The lowest BCUT2D eigenvalue weighted by Crippen LogP contribution is -2.14. The summed E-state index contributed by atoms with van der Waals surface area (Å²) in [5.41, 5.74) is 7.06. The van der Waals surface area contributed by atoms with Gasteiger partial charge >= 0.3 is 5.97 Å². The normalized spacial score (nSPS) is 10.3. The van der Waals surface area contributed by atoms with E-state index in [1.54, 1.807) is 42.5 Å². The van der Waals surface area contributed by atoms with Crippen LogP contribution in [0.15, 0.2) is 54.7 Å². The van der Waals surface area contributed by atoms with Crippen LogP contribution in [0.1, 0.15) is 32.0 Å². The van der Waals surface area contributed by atoms with Crippen LogP contribution >= 0.6 is 11.6 Å². The SMILES string of the molecule is COC(=O)c1c(N)c(C#N)cn1-c1cc(Cl)ccc1C(=O)c1ccccc1. The van der Waals surface area contributed by atoms with Crippen LogP contribution in [0, 0.1) is 11.3 Å². The molecule has 134 valence electrons. The van der Waals surface area contributed by atoms with Crippen molar-refractivity contribution in [1.82, 2.24) is 4.57 Å². The first kappa shape index (κ1) is 18.2. The number of benzene rings is 2. The zero-order chi connectivity index (χ0) is 19.6. The largest absolute Gasteiger partial charge is 0.464 e. The molecule has 0 bridgehead atoms. The van der Waals surface area contributed by atoms with Gasteiger partial charge in [0.25, 0.3) is 0 Å². The van der Waals surface area contributed by atoms with Crippen LogP contribution in [-0.2, 0) is 4.74 Å². The number of halogens is 1. The fourth-order valence-corrected chi connectivity index (χ4v) is 2.91. The molecule has 2 aromatic carbocycles. The molecule has 3 aromatic rings. The van der Waals surface area contributed by atoms with Crippen molar-refractivity contribution < 1.29 is 14.3 Å². The summed E-state index contributed by atoms with van der Waals surface area (Å²) in [6.07, 6.45) is 1.38. The zero-order valence-corrected chi connectivity index (χ0v) is 15.0. The molecule has 0 amide bonds. The molecule has 2 N–H and O–H groups in total. The average Bonchev–Trinajstić information content (AvgIpc) is 3.03. The Morgan fingerprint density at radius 1 is 1.19 bits per heavy atom. The molecule has 0 spiro atoms. The van der Waals surface area contributed by atoms with Crippen LogP contribution in [0.2, 0.25) is 5.02 Å². The maximum absolute atomic E-state index is 13.0. The minimum atomic E-state index is -0.730. The molecule has 0 fully saturated rings. The number of rotatable bonds is 4. The summed E-state index contributed by atoms with van der Waals surface area (Å²) < 4.78 is 6.15. The molecule has 0 radical (unpaired) electrons. The first-order valence-electron chi connectivity index (χ1n) is 7.86. The smallest absolute Gasteiger partial charge is 0.357 e. The standard InChI is InChI=1S/C20H14ClN3O3/c1-27-20(26)18-17(23)13(10-22)11-24(18)16-9-14(21)7-8-15(16)19(25)12-5-3-2-4-6-12/h2-9,11H,23H2,1H3. The molecule has 0 aliphatic heterocycles. The van der Waals surface area contributed by atoms with Crippen molar-refractivity contribution >= 4 is 29.0 Å². The number of nitriles is 1.